The highest BCUT2D eigenvalue weighted by Crippen LogP contribution is 2.46. The van der Waals surface area contributed by atoms with Gasteiger partial charge in [0, 0.05) is 136 Å². The Hall–Kier alpha value is -8.43. The third-order valence-electron chi connectivity index (χ3n) is 15.5. The SMILES string of the molecule is CN1CCN(C(=O)Oc2cc3c(c4ccccc24)[C@H](CCl)CN3C(=O)c2cc3cc(CC(=O)c4ccc(CC(=O)[C@H](CCCCC(N)=O)NC(=O)[C@H](CCCNC(N)=O)CCCNC(=O)CCCN5C(=O)C=CC5=O)cc4)ccc3[nH]2)CC1. The van der Waals surface area contributed by atoms with E-state index in [-0.39, 0.29) is 99.2 Å². The van der Waals surface area contributed by atoms with Gasteiger partial charge in [-0.3, -0.25) is 43.3 Å². The van der Waals surface area contributed by atoms with E-state index in [0.29, 0.717) is 91.9 Å². The van der Waals surface area contributed by atoms with Crippen molar-refractivity contribution in [2.45, 2.75) is 89.0 Å². The van der Waals surface area contributed by atoms with Crippen molar-refractivity contribution in [3.8, 4) is 5.75 Å². The molecule has 0 unspecified atom stereocenters. The van der Waals surface area contributed by atoms with E-state index in [4.69, 9.17) is 27.8 Å². The van der Waals surface area contributed by atoms with Gasteiger partial charge in [0.1, 0.15) is 11.4 Å². The number of carbonyl (C=O) groups excluding carboxylic acids is 10. The fourth-order valence-corrected chi connectivity index (χ4v) is 11.1. The van der Waals surface area contributed by atoms with Crippen molar-refractivity contribution in [3.63, 3.8) is 0 Å². The van der Waals surface area contributed by atoms with Crippen LogP contribution in [0.2, 0.25) is 0 Å². The van der Waals surface area contributed by atoms with Crippen molar-refractivity contribution < 1.29 is 52.7 Å². The van der Waals surface area contributed by atoms with Crippen LogP contribution in [0.25, 0.3) is 21.7 Å². The van der Waals surface area contributed by atoms with Crippen LogP contribution >= 0.6 is 11.6 Å². The number of unbranched alkanes of at least 4 members (excludes halogenated alkanes) is 1. The first-order valence-electron chi connectivity index (χ1n) is 28.2. The van der Waals surface area contributed by atoms with Crippen molar-refractivity contribution >= 4 is 98.1 Å². The number of amides is 9. The summed E-state index contributed by atoms with van der Waals surface area (Å²) in [6, 6.07) is 21.8. The number of ketones is 2. The molecule has 8 rings (SSSR count). The number of hydrogen-bond acceptors (Lipinski definition) is 12. The lowest BCUT2D eigenvalue weighted by molar-refractivity contribution is -0.137. The van der Waals surface area contributed by atoms with Crippen LogP contribution in [0.15, 0.2) is 91.0 Å². The van der Waals surface area contributed by atoms with Crippen molar-refractivity contribution in [1.82, 2.24) is 35.6 Å². The van der Waals surface area contributed by atoms with E-state index in [9.17, 15) is 47.9 Å². The molecule has 0 aliphatic carbocycles. The fourth-order valence-electron chi connectivity index (χ4n) is 10.9. The van der Waals surface area contributed by atoms with Gasteiger partial charge in [0.2, 0.25) is 17.7 Å². The predicted octanol–water partition coefficient (Wildman–Crippen LogP) is 5.78. The zero-order chi connectivity index (χ0) is 59.2. The maximum absolute atomic E-state index is 14.5. The van der Waals surface area contributed by atoms with Crippen LogP contribution in [-0.2, 0) is 41.6 Å². The number of carbonyl (C=O) groups is 10. The lowest BCUT2D eigenvalue weighted by atomic mass is 9.93. The van der Waals surface area contributed by atoms with Crippen molar-refractivity contribution in [1.29, 1.82) is 0 Å². The first-order chi connectivity index (χ1) is 40.0. The molecule has 5 aromatic rings. The highest BCUT2D eigenvalue weighted by Gasteiger charge is 2.37. The number of aromatic nitrogens is 1. The second kappa shape index (κ2) is 28.5. The van der Waals surface area contributed by atoms with Crippen LogP contribution in [-0.4, -0.2) is 150 Å². The van der Waals surface area contributed by atoms with Crippen molar-refractivity contribution in [3.05, 3.63) is 119 Å². The number of aromatic amines is 1. The largest absolute Gasteiger partial charge is 0.415 e. The molecule has 1 aromatic heterocycles. The summed E-state index contributed by atoms with van der Waals surface area (Å²) in [4.78, 5) is 139. The number of ether oxygens (including phenoxy) is 1. The summed E-state index contributed by atoms with van der Waals surface area (Å²) >= 11 is 6.58. The summed E-state index contributed by atoms with van der Waals surface area (Å²) in [5.74, 6) is -2.88. The van der Waals surface area contributed by atoms with Gasteiger partial charge < -0.3 is 51.8 Å². The number of nitrogens with zero attached hydrogens (tertiary/aromatic N) is 4. The number of hydrogen-bond donors (Lipinski definition) is 6. The van der Waals surface area contributed by atoms with Gasteiger partial charge in [0.05, 0.1) is 11.7 Å². The number of nitrogens with two attached hydrogens (primary N) is 2. The Labute approximate surface area is 485 Å². The van der Waals surface area contributed by atoms with E-state index < -0.39 is 41.8 Å². The minimum absolute atomic E-state index is 0.0527. The molecular weight excluding hydrogens is 1080 g/mol. The number of benzene rings is 4. The number of urea groups is 1. The molecule has 1 fully saturated rings. The van der Waals surface area contributed by atoms with Crippen LogP contribution in [0, 0.1) is 5.92 Å². The van der Waals surface area contributed by atoms with Gasteiger partial charge in [-0.25, -0.2) is 9.59 Å². The Kier molecular flexibility index (Phi) is 20.8. The number of anilines is 1. The van der Waals surface area contributed by atoms with Crippen LogP contribution in [0.3, 0.4) is 0 Å². The first kappa shape index (κ1) is 60.7. The molecule has 3 atom stereocenters. The zero-order valence-corrected chi connectivity index (χ0v) is 47.3. The number of imide groups is 1. The molecule has 0 bridgehead atoms. The van der Waals surface area contributed by atoms with E-state index >= 15 is 0 Å². The van der Waals surface area contributed by atoms with Gasteiger partial charge >= 0.3 is 12.1 Å². The number of rotatable bonds is 28. The maximum atomic E-state index is 14.5. The topological polar surface area (TPSA) is 297 Å². The molecular formula is C61H71ClN10O11. The van der Waals surface area contributed by atoms with E-state index in [1.54, 1.807) is 46.2 Å². The summed E-state index contributed by atoms with van der Waals surface area (Å²) in [5, 5.41) is 10.6. The number of alkyl halides is 1. The van der Waals surface area contributed by atoms with Gasteiger partial charge in [-0.1, -0.05) is 61.0 Å². The monoisotopic (exact) mass is 1150 g/mol. The molecule has 0 saturated carbocycles. The number of nitrogens with one attached hydrogen (secondary N) is 4. The second-order valence-corrected chi connectivity index (χ2v) is 21.8. The number of likely N-dealkylation sites (N-methyl/N-ethyl adjacent to an activating group) is 1. The fraction of sp³-hybridized carbons (Fsp3) is 0.410. The molecule has 9 amide bonds. The average molecular weight is 1160 g/mol. The van der Waals surface area contributed by atoms with E-state index in [2.05, 4.69) is 25.8 Å². The Morgan fingerprint density at radius 3 is 2.12 bits per heavy atom. The molecule has 3 aliphatic heterocycles. The number of piperazine rings is 1. The van der Waals surface area contributed by atoms with E-state index in [1.807, 2.05) is 49.5 Å². The molecule has 8 N–H and O–H groups in total. The lowest BCUT2D eigenvalue weighted by Gasteiger charge is -2.31. The van der Waals surface area contributed by atoms with Gasteiger partial charge in [0.25, 0.3) is 17.7 Å². The quantitative estimate of drug-likeness (QED) is 0.0150. The van der Waals surface area contributed by atoms with Crippen molar-refractivity contribution in [2.75, 3.05) is 70.2 Å². The molecule has 438 valence electrons. The molecule has 0 spiro atoms. The summed E-state index contributed by atoms with van der Waals surface area (Å²) in [5.41, 5.74) is 14.9. The average Bonchev–Trinajstić information content (AvgIpc) is 3.12. The summed E-state index contributed by atoms with van der Waals surface area (Å²) in [7, 11) is 2.01. The normalized spacial score (nSPS) is 15.8. The van der Waals surface area contributed by atoms with Gasteiger partial charge in [0.15, 0.2) is 11.6 Å². The maximum Gasteiger partial charge on any atom is 0.415 e. The number of halogens is 1. The standard InChI is InChI=1S/C61H71ClN10O11/c1-69-27-29-70(30-28-69)61(82)83-52-35-49-57(45-12-3-2-11-44(45)52)43(36-62)37-72(49)59(80)48-34-42-31-39(18-21-46(42)67-48)33-50(73)40-19-16-38(17-20-40)32-51(74)47(13-4-5-14-53(63)75)68-58(79)41(10-7-25-66-60(64)81)9-6-24-65-54(76)15-8-26-71-55(77)22-23-56(71)78/h2-3,11-12,16-23,31,34-35,41,43,47,67H,4-10,13-15,24-30,32-33,36-37H2,1H3,(H2,63,75)(H,65,76)(H,68,79)(H3,64,66,81)/t41-,43+,47-/m0/s1. The predicted molar refractivity (Wildman–Crippen MR) is 313 cm³/mol. The number of Topliss-reactive ketones (excluding diaryl/α,β-unsaturated/α-hetero) is 2. The molecule has 83 heavy (non-hydrogen) atoms. The molecule has 22 heteroatoms. The van der Waals surface area contributed by atoms with Crippen molar-refractivity contribution in [2.24, 2.45) is 17.4 Å². The molecule has 4 heterocycles. The first-order valence-corrected chi connectivity index (χ1v) is 28.8. The van der Waals surface area contributed by atoms with Gasteiger partial charge in [-0.15, -0.1) is 11.6 Å². The molecule has 1 saturated heterocycles. The summed E-state index contributed by atoms with van der Waals surface area (Å²) in [6.45, 7) is 3.46. The highest BCUT2D eigenvalue weighted by atomic mass is 35.5. The summed E-state index contributed by atoms with van der Waals surface area (Å²) in [6.07, 6.45) is 4.97. The molecule has 4 aromatic carbocycles. The van der Waals surface area contributed by atoms with Crippen LogP contribution in [0.5, 0.6) is 5.75 Å². The minimum Gasteiger partial charge on any atom is -0.409 e. The summed E-state index contributed by atoms with van der Waals surface area (Å²) < 4.78 is 6.07. The van der Waals surface area contributed by atoms with E-state index in [0.717, 1.165) is 45.3 Å². The highest BCUT2D eigenvalue weighted by molar-refractivity contribution is 6.19. The second-order valence-electron chi connectivity index (χ2n) is 21.5. The number of H-pyrrole nitrogens is 1. The minimum atomic E-state index is -0.919. The van der Waals surface area contributed by atoms with Gasteiger partial charge in [-0.2, -0.15) is 0 Å². The zero-order valence-electron chi connectivity index (χ0n) is 46.6. The van der Waals surface area contributed by atoms with Gasteiger partial charge in [-0.05, 0) is 92.3 Å². The molecule has 21 nitrogen and oxygen atoms in total. The lowest BCUT2D eigenvalue weighted by Crippen LogP contribution is -2.48. The van der Waals surface area contributed by atoms with Crippen LogP contribution in [0.1, 0.15) is 108 Å². The molecule has 0 radical (unpaired) electrons. The van der Waals surface area contributed by atoms with Crippen LogP contribution in [0.4, 0.5) is 15.3 Å². The van der Waals surface area contributed by atoms with Crippen LogP contribution < -0.4 is 37.1 Å². The Morgan fingerprint density at radius 1 is 0.747 bits per heavy atom. The Balaban J connectivity index is 0.883. The Morgan fingerprint density at radius 2 is 1.43 bits per heavy atom. The number of primary amides is 2. The third kappa shape index (κ3) is 16.0. The third-order valence-corrected chi connectivity index (χ3v) is 15.8. The molecule has 3 aliphatic rings. The van der Waals surface area contributed by atoms with E-state index in [1.165, 1.54) is 12.2 Å². The smallest absolute Gasteiger partial charge is 0.409 e. The number of fused-ring (bicyclic) bond motifs is 4. The Bertz CT molecular complexity index is 3280.